The van der Waals surface area contributed by atoms with Crippen LogP contribution in [0.4, 0.5) is 4.39 Å². The summed E-state index contributed by atoms with van der Waals surface area (Å²) >= 11 is 4.84. The fourth-order valence-corrected chi connectivity index (χ4v) is 5.74. The number of aromatic nitrogens is 1. The number of morpholine rings is 1. The van der Waals surface area contributed by atoms with E-state index in [-0.39, 0.29) is 25.2 Å². The molecule has 4 rings (SSSR count). The first-order valence-corrected chi connectivity index (χ1v) is 13.6. The molecule has 0 bridgehead atoms. The van der Waals surface area contributed by atoms with Crippen LogP contribution in [0.1, 0.15) is 43.3 Å². The molecule has 2 aromatic rings. The predicted octanol–water partition coefficient (Wildman–Crippen LogP) is 3.91. The number of nitrogens with one attached hydrogen (secondary N) is 1. The highest BCUT2D eigenvalue weighted by Gasteiger charge is 2.37. The topological polar surface area (TPSA) is 113 Å². The van der Waals surface area contributed by atoms with Crippen molar-refractivity contribution in [2.24, 2.45) is 4.99 Å². The number of amidine groups is 1. The Hall–Kier alpha value is -2.67. The van der Waals surface area contributed by atoms with Gasteiger partial charge in [0.25, 0.3) is 0 Å². The van der Waals surface area contributed by atoms with Gasteiger partial charge in [-0.1, -0.05) is 22.0 Å². The van der Waals surface area contributed by atoms with Gasteiger partial charge in [-0.25, -0.2) is 14.2 Å². The number of aliphatic carboxylic acids is 1. The molecule has 2 N–H and O–H groups in total. The van der Waals surface area contributed by atoms with E-state index in [0.717, 1.165) is 0 Å². The van der Waals surface area contributed by atoms with Crippen molar-refractivity contribution in [3.8, 4) is 0 Å². The normalized spacial score (nSPS) is 22.4. The molecule has 0 aliphatic carbocycles. The number of carboxylic acids is 1. The van der Waals surface area contributed by atoms with Gasteiger partial charge >= 0.3 is 11.9 Å². The van der Waals surface area contributed by atoms with E-state index in [0.29, 0.717) is 58.3 Å². The molecule has 3 atom stereocenters. The lowest BCUT2D eigenvalue weighted by atomic mass is 9.94. The van der Waals surface area contributed by atoms with Crippen LogP contribution in [0.5, 0.6) is 0 Å². The number of aliphatic imine (C=N–C) groups is 1. The first kappa shape index (κ1) is 27.4. The van der Waals surface area contributed by atoms with E-state index in [9.17, 15) is 19.1 Å². The summed E-state index contributed by atoms with van der Waals surface area (Å²) in [4.78, 5) is 36.0. The largest absolute Gasteiger partial charge is 0.481 e. The number of rotatable bonds is 9. The van der Waals surface area contributed by atoms with Crippen LogP contribution in [-0.4, -0.2) is 71.2 Å². The van der Waals surface area contributed by atoms with Gasteiger partial charge in [0.1, 0.15) is 11.9 Å². The number of hydrogen-bond donors (Lipinski definition) is 2. The highest BCUT2D eigenvalue weighted by atomic mass is 79.9. The van der Waals surface area contributed by atoms with E-state index in [1.165, 1.54) is 23.5 Å². The molecule has 0 spiro atoms. The molecule has 2 aliphatic rings. The zero-order valence-electron chi connectivity index (χ0n) is 20.4. The second-order valence-corrected chi connectivity index (χ2v) is 10.4. The number of carbonyl (C=O) groups excluding carboxylic acids is 1. The van der Waals surface area contributed by atoms with Crippen LogP contribution in [0.2, 0.25) is 0 Å². The minimum atomic E-state index is -0.876. The van der Waals surface area contributed by atoms with E-state index < -0.39 is 23.8 Å². The Kier molecular flexibility index (Phi) is 9.06. The van der Waals surface area contributed by atoms with Gasteiger partial charge in [-0.3, -0.25) is 14.7 Å². The zero-order chi connectivity index (χ0) is 26.5. The number of ether oxygens (including phenoxy) is 2. The van der Waals surface area contributed by atoms with Crippen LogP contribution >= 0.6 is 27.3 Å². The van der Waals surface area contributed by atoms with Crippen molar-refractivity contribution in [3.63, 3.8) is 0 Å². The van der Waals surface area contributed by atoms with Gasteiger partial charge in [0.05, 0.1) is 24.9 Å². The van der Waals surface area contributed by atoms with E-state index in [2.05, 4.69) is 31.1 Å². The van der Waals surface area contributed by atoms with Gasteiger partial charge in [0.15, 0.2) is 10.8 Å². The highest BCUT2D eigenvalue weighted by Crippen LogP contribution is 2.37. The van der Waals surface area contributed by atoms with Gasteiger partial charge in [0.2, 0.25) is 0 Å². The summed E-state index contributed by atoms with van der Waals surface area (Å²) in [5.74, 6) is -1.34. The fraction of sp³-hybridized carbons (Fsp3) is 0.440. The lowest BCUT2D eigenvalue weighted by Crippen LogP contribution is -2.52. The van der Waals surface area contributed by atoms with E-state index in [1.807, 2.05) is 12.3 Å². The lowest BCUT2D eigenvalue weighted by molar-refractivity contribution is -0.139. The van der Waals surface area contributed by atoms with Crippen molar-refractivity contribution in [1.29, 1.82) is 0 Å². The quantitative estimate of drug-likeness (QED) is 0.420. The molecule has 1 saturated heterocycles. The fourth-order valence-electron chi connectivity index (χ4n) is 4.58. The average Bonchev–Trinajstić information content (AvgIpc) is 3.38. The number of benzene rings is 1. The van der Waals surface area contributed by atoms with Crippen LogP contribution in [0.3, 0.4) is 0 Å². The summed E-state index contributed by atoms with van der Waals surface area (Å²) in [7, 11) is 0. The highest BCUT2D eigenvalue weighted by molar-refractivity contribution is 9.10. The lowest BCUT2D eigenvalue weighted by Gasteiger charge is -2.41. The average molecular weight is 595 g/mol. The molecular formula is C25H28BrFN4O5S. The minimum absolute atomic E-state index is 0.00303. The van der Waals surface area contributed by atoms with Crippen molar-refractivity contribution in [2.75, 3.05) is 26.3 Å². The number of esters is 1. The van der Waals surface area contributed by atoms with Gasteiger partial charge in [-0.05, 0) is 38.0 Å². The Morgan fingerprint density at radius 3 is 2.89 bits per heavy atom. The van der Waals surface area contributed by atoms with Crippen LogP contribution in [0.15, 0.2) is 50.5 Å². The van der Waals surface area contributed by atoms with Gasteiger partial charge in [0, 0.05) is 47.3 Å². The second-order valence-electron chi connectivity index (χ2n) is 8.67. The van der Waals surface area contributed by atoms with Crippen molar-refractivity contribution < 1.29 is 28.6 Å². The summed E-state index contributed by atoms with van der Waals surface area (Å²) in [6.45, 7) is 5.18. The maximum Gasteiger partial charge on any atom is 0.338 e. The molecule has 0 radical (unpaired) electrons. The Bertz CT molecular complexity index is 1210. The molecule has 9 nitrogen and oxygen atoms in total. The third-order valence-electron chi connectivity index (χ3n) is 6.30. The van der Waals surface area contributed by atoms with Gasteiger partial charge in [-0.2, -0.15) is 0 Å². The van der Waals surface area contributed by atoms with Gasteiger partial charge in [-0.15, -0.1) is 11.3 Å². The number of nitrogens with zero attached hydrogens (tertiary/aromatic N) is 3. The Balaban J connectivity index is 1.79. The monoisotopic (exact) mass is 594 g/mol. The molecule has 1 aromatic heterocycles. The summed E-state index contributed by atoms with van der Waals surface area (Å²) in [5.41, 5.74) is 1.50. The number of carboxylic acid groups (broad SMARTS) is 1. The summed E-state index contributed by atoms with van der Waals surface area (Å²) < 4.78 is 25.7. The Morgan fingerprint density at radius 1 is 1.41 bits per heavy atom. The third kappa shape index (κ3) is 6.43. The maximum atomic E-state index is 13.9. The SMILES string of the molecule is CCOC(=O)C1=C(CN2CCO[C@H](C)[C@H]2CCC(=O)O)NC(c2nccs2)=NC1c1ccc(F)cc1Br. The molecule has 1 fully saturated rings. The first-order chi connectivity index (χ1) is 17.8. The molecule has 0 saturated carbocycles. The molecule has 1 unspecified atom stereocenters. The standard InChI is InChI=1S/C25H28BrFN4O5S/c1-3-35-25(34)21-18(13-31-9-10-36-14(2)19(31)6-7-20(32)33)29-23(24-28-8-11-37-24)30-22(21)16-5-4-15(27)12-17(16)26/h4-5,8,11-12,14,19,22H,3,6-7,9-10,13H2,1-2H3,(H,29,30)(H,32,33)/t14-,19-,22?/m1/s1. The van der Waals surface area contributed by atoms with Crippen LogP contribution in [0, 0.1) is 5.82 Å². The zero-order valence-corrected chi connectivity index (χ0v) is 22.8. The van der Waals surface area contributed by atoms with Crippen molar-refractivity contribution in [3.05, 3.63) is 61.9 Å². The smallest absolute Gasteiger partial charge is 0.338 e. The third-order valence-corrected chi connectivity index (χ3v) is 7.77. The van der Waals surface area contributed by atoms with Crippen LogP contribution < -0.4 is 5.32 Å². The Morgan fingerprint density at radius 2 is 2.22 bits per heavy atom. The summed E-state index contributed by atoms with van der Waals surface area (Å²) in [6.07, 6.45) is 1.89. The van der Waals surface area contributed by atoms with Crippen molar-refractivity contribution in [2.45, 2.75) is 44.9 Å². The van der Waals surface area contributed by atoms with Crippen LogP contribution in [0.25, 0.3) is 0 Å². The summed E-state index contributed by atoms with van der Waals surface area (Å²) in [6, 6.07) is 3.32. The van der Waals surface area contributed by atoms with Crippen LogP contribution in [-0.2, 0) is 19.1 Å². The molecular weight excluding hydrogens is 567 g/mol. The number of halogens is 2. The predicted molar refractivity (Wildman–Crippen MR) is 140 cm³/mol. The minimum Gasteiger partial charge on any atom is -0.481 e. The molecule has 37 heavy (non-hydrogen) atoms. The molecule has 1 aromatic carbocycles. The number of hydrogen-bond acceptors (Lipinski definition) is 9. The maximum absolute atomic E-state index is 13.9. The molecule has 0 amide bonds. The molecule has 198 valence electrons. The van der Waals surface area contributed by atoms with E-state index in [1.54, 1.807) is 19.2 Å². The number of thiazole rings is 1. The molecule has 2 aliphatic heterocycles. The molecule has 3 heterocycles. The van der Waals surface area contributed by atoms with Crippen molar-refractivity contribution in [1.82, 2.24) is 15.2 Å². The van der Waals surface area contributed by atoms with Crippen molar-refractivity contribution >= 4 is 45.0 Å². The van der Waals surface area contributed by atoms with E-state index in [4.69, 9.17) is 14.5 Å². The van der Waals surface area contributed by atoms with Gasteiger partial charge < -0.3 is 19.9 Å². The number of carbonyl (C=O) groups is 2. The second kappa shape index (κ2) is 12.2. The van der Waals surface area contributed by atoms with E-state index >= 15 is 0 Å². The Labute approximate surface area is 226 Å². The first-order valence-electron chi connectivity index (χ1n) is 12.0. The summed E-state index contributed by atoms with van der Waals surface area (Å²) in [5, 5.41) is 15.0. The molecule has 12 heteroatoms.